The van der Waals surface area contributed by atoms with Crippen LogP contribution in [0.4, 0.5) is 14.4 Å². The van der Waals surface area contributed by atoms with Gasteiger partial charge in [-0.2, -0.15) is 0 Å². The molecule has 2 aromatic rings. The Bertz CT molecular complexity index is 1620. The largest absolute Gasteiger partial charge is 0.519 e. The van der Waals surface area contributed by atoms with Gasteiger partial charge in [0.25, 0.3) is 0 Å². The van der Waals surface area contributed by atoms with Crippen LogP contribution < -0.4 is 5.32 Å². The predicted octanol–water partition coefficient (Wildman–Crippen LogP) is 8.91. The second-order valence-electron chi connectivity index (χ2n) is 17.6. The van der Waals surface area contributed by atoms with E-state index in [1.165, 1.54) is 0 Å². The average Bonchev–Trinajstić information content (AvgIpc) is 3.06. The molecule has 58 heavy (non-hydrogen) atoms. The molecule has 0 aliphatic rings. The Morgan fingerprint density at radius 1 is 0.552 bits per heavy atom. The highest BCUT2D eigenvalue weighted by Gasteiger charge is 2.32. The maximum Gasteiger partial charge on any atom is 0.519 e. The van der Waals surface area contributed by atoms with Crippen molar-refractivity contribution in [3.05, 3.63) is 71.8 Å². The third kappa shape index (κ3) is 24.9. The third-order valence-electron chi connectivity index (χ3n) is 7.48. The van der Waals surface area contributed by atoms with Crippen molar-refractivity contribution in [3.63, 3.8) is 0 Å². The van der Waals surface area contributed by atoms with E-state index in [1.54, 1.807) is 90.0 Å². The van der Waals surface area contributed by atoms with Gasteiger partial charge in [-0.3, -0.25) is 19.2 Å². The van der Waals surface area contributed by atoms with Crippen LogP contribution in [-0.4, -0.2) is 74.1 Å². The van der Waals surface area contributed by atoms with E-state index in [0.29, 0.717) is 13.0 Å². The monoisotopic (exact) mass is 816 g/mol. The zero-order valence-electron chi connectivity index (χ0n) is 36.3. The lowest BCUT2D eigenvalue weighted by atomic mass is 9.88. The number of carbonyl (C=O) groups excluding carboxylic acids is 5. The molecule has 0 saturated heterocycles. The van der Waals surface area contributed by atoms with Gasteiger partial charge >= 0.3 is 30.3 Å². The van der Waals surface area contributed by atoms with E-state index in [-0.39, 0.29) is 31.7 Å². The van der Waals surface area contributed by atoms with E-state index in [2.05, 4.69) is 10.1 Å². The van der Waals surface area contributed by atoms with Crippen LogP contribution in [0.15, 0.2) is 60.7 Å². The molecule has 3 N–H and O–H groups in total. The molecule has 0 fully saturated rings. The van der Waals surface area contributed by atoms with Gasteiger partial charge in [0.1, 0.15) is 16.8 Å². The van der Waals surface area contributed by atoms with Crippen molar-refractivity contribution in [2.24, 2.45) is 10.8 Å². The van der Waals surface area contributed by atoms with Gasteiger partial charge in [0.05, 0.1) is 17.4 Å². The summed E-state index contributed by atoms with van der Waals surface area (Å²) in [6.07, 6.45) is -2.20. The standard InChI is InChI=1S/C19H27NO5.C14H19NO3.C10H18O5/c1-18(2,3)25-17(24)20(13-14-9-7-6-8-10-14)15(21)11-12-19(4,5)16(22)23;1-14(2,13(17)18)9-8-12(16)15-10-11-6-4-3-5-7-11;1-9(2,3)14-7(11)13-8(12)15-10(4,5)6/h6-10H,11-13H2,1-5H3,(H,22,23);3-7H,8-10H2,1-2H3,(H,15,16)(H,17,18);1-6H3. The number of benzene rings is 2. The lowest BCUT2D eigenvalue weighted by molar-refractivity contribution is -0.148. The normalized spacial score (nSPS) is 11.5. The maximum absolute atomic E-state index is 12.6. The van der Waals surface area contributed by atoms with Gasteiger partial charge in [-0.25, -0.2) is 19.3 Å². The first kappa shape index (κ1) is 52.5. The van der Waals surface area contributed by atoms with Gasteiger partial charge in [0.15, 0.2) is 0 Å². The number of imide groups is 1. The smallest absolute Gasteiger partial charge is 0.481 e. The number of aliphatic carboxylic acids is 2. The highest BCUT2D eigenvalue weighted by Crippen LogP contribution is 2.24. The Morgan fingerprint density at radius 2 is 0.931 bits per heavy atom. The molecular formula is C43H64N2O13. The van der Waals surface area contributed by atoms with Crippen molar-refractivity contribution in [2.45, 2.75) is 146 Å². The number of amides is 3. The minimum atomic E-state index is -1.06. The average molecular weight is 817 g/mol. The van der Waals surface area contributed by atoms with E-state index in [1.807, 2.05) is 60.7 Å². The Morgan fingerprint density at radius 3 is 1.31 bits per heavy atom. The molecule has 0 radical (unpaired) electrons. The number of carbonyl (C=O) groups is 7. The van der Waals surface area contributed by atoms with Crippen LogP contribution in [-0.2, 0) is 51.2 Å². The fourth-order valence-electron chi connectivity index (χ4n) is 4.03. The van der Waals surface area contributed by atoms with Crippen molar-refractivity contribution in [2.75, 3.05) is 0 Å². The van der Waals surface area contributed by atoms with E-state index in [4.69, 9.17) is 19.3 Å². The highest BCUT2D eigenvalue weighted by atomic mass is 16.8. The van der Waals surface area contributed by atoms with Gasteiger partial charge in [0.2, 0.25) is 11.8 Å². The Hall–Kier alpha value is -5.47. The van der Waals surface area contributed by atoms with Crippen LogP contribution in [0.1, 0.15) is 127 Å². The molecule has 15 heteroatoms. The van der Waals surface area contributed by atoms with Gasteiger partial charge in [-0.05, 0) is 114 Å². The number of rotatable bonds is 12. The molecule has 2 aromatic carbocycles. The molecular weight excluding hydrogens is 752 g/mol. The van der Waals surface area contributed by atoms with Crippen LogP contribution >= 0.6 is 0 Å². The number of carboxylic acids is 2. The molecule has 0 aliphatic heterocycles. The lowest BCUT2D eigenvalue weighted by Gasteiger charge is -2.27. The molecule has 0 unspecified atom stereocenters. The summed E-state index contributed by atoms with van der Waals surface area (Å²) in [5.41, 5.74) is -2.20. The molecule has 0 aliphatic carbocycles. The second-order valence-corrected chi connectivity index (χ2v) is 17.6. The van der Waals surface area contributed by atoms with Crippen LogP contribution in [0.3, 0.4) is 0 Å². The summed E-state index contributed by atoms with van der Waals surface area (Å²) in [6, 6.07) is 18.7. The number of hydrogen-bond acceptors (Lipinski definition) is 11. The topological polar surface area (TPSA) is 212 Å². The zero-order chi connectivity index (χ0) is 45.1. The number of hydrogen-bond donors (Lipinski definition) is 3. The minimum Gasteiger partial charge on any atom is -0.481 e. The quantitative estimate of drug-likeness (QED) is 0.104. The van der Waals surface area contributed by atoms with Crippen molar-refractivity contribution in [1.82, 2.24) is 10.2 Å². The van der Waals surface area contributed by atoms with E-state index < -0.39 is 63.9 Å². The van der Waals surface area contributed by atoms with Crippen molar-refractivity contribution < 1.29 is 62.7 Å². The summed E-state index contributed by atoms with van der Waals surface area (Å²) in [5, 5.41) is 20.9. The Balaban J connectivity index is 0.000000874. The molecule has 0 saturated carbocycles. The zero-order valence-corrected chi connectivity index (χ0v) is 36.3. The van der Waals surface area contributed by atoms with Crippen molar-refractivity contribution >= 4 is 42.2 Å². The third-order valence-corrected chi connectivity index (χ3v) is 7.48. The molecule has 0 bridgehead atoms. The second kappa shape index (κ2) is 23.1. The van der Waals surface area contributed by atoms with Crippen LogP contribution in [0.5, 0.6) is 0 Å². The van der Waals surface area contributed by atoms with Crippen LogP contribution in [0, 0.1) is 10.8 Å². The van der Waals surface area contributed by atoms with Gasteiger partial charge in [-0.15, -0.1) is 0 Å². The van der Waals surface area contributed by atoms with E-state index in [9.17, 15) is 38.7 Å². The molecule has 0 atom stereocenters. The molecule has 0 aromatic heterocycles. The summed E-state index contributed by atoms with van der Waals surface area (Å²) >= 11 is 0. The van der Waals surface area contributed by atoms with Gasteiger partial charge in [0, 0.05) is 19.4 Å². The molecule has 3 amide bonds. The Labute approximate surface area is 342 Å². The highest BCUT2D eigenvalue weighted by molar-refractivity contribution is 5.92. The predicted molar refractivity (Wildman–Crippen MR) is 216 cm³/mol. The van der Waals surface area contributed by atoms with E-state index >= 15 is 0 Å². The summed E-state index contributed by atoms with van der Waals surface area (Å²) in [4.78, 5) is 81.7. The first-order chi connectivity index (χ1) is 26.3. The maximum atomic E-state index is 12.6. The summed E-state index contributed by atoms with van der Waals surface area (Å²) in [7, 11) is 0. The summed E-state index contributed by atoms with van der Waals surface area (Å²) in [6.45, 7) is 22.1. The number of carboxylic acid groups (broad SMARTS) is 2. The molecule has 0 heterocycles. The summed E-state index contributed by atoms with van der Waals surface area (Å²) in [5.74, 6) is -2.42. The number of ether oxygens (including phenoxy) is 4. The lowest BCUT2D eigenvalue weighted by Crippen LogP contribution is -2.41. The van der Waals surface area contributed by atoms with Crippen LogP contribution in [0.25, 0.3) is 0 Å². The van der Waals surface area contributed by atoms with Crippen LogP contribution in [0.2, 0.25) is 0 Å². The number of nitrogens with zero attached hydrogens (tertiary/aromatic N) is 1. The molecule has 15 nitrogen and oxygen atoms in total. The Kier molecular flexibility index (Phi) is 20.9. The molecule has 2 rings (SSSR count). The summed E-state index contributed by atoms with van der Waals surface area (Å²) < 4.78 is 19.1. The molecule has 0 spiro atoms. The molecule has 324 valence electrons. The fourth-order valence-corrected chi connectivity index (χ4v) is 4.03. The van der Waals surface area contributed by atoms with Crippen molar-refractivity contribution in [1.29, 1.82) is 0 Å². The van der Waals surface area contributed by atoms with Gasteiger partial charge in [-0.1, -0.05) is 60.7 Å². The first-order valence-corrected chi connectivity index (χ1v) is 18.8. The SMILES string of the molecule is CC(C)(C)OC(=O)N(Cc1ccccc1)C(=O)CCC(C)(C)C(=O)O.CC(C)(C)OC(=O)OC(=O)OC(C)(C)C.CC(C)(CCC(=O)NCc1ccccc1)C(=O)O. The first-order valence-electron chi connectivity index (χ1n) is 18.8. The number of nitrogens with one attached hydrogen (secondary N) is 1. The van der Waals surface area contributed by atoms with E-state index in [0.717, 1.165) is 16.0 Å². The fraction of sp³-hybridized carbons (Fsp3) is 0.558. The minimum absolute atomic E-state index is 0.0502. The van der Waals surface area contributed by atoms with Gasteiger partial charge < -0.3 is 34.5 Å². The van der Waals surface area contributed by atoms with Crippen molar-refractivity contribution in [3.8, 4) is 0 Å².